The lowest BCUT2D eigenvalue weighted by Gasteiger charge is -2.26. The molecule has 30 heavy (non-hydrogen) atoms. The number of rotatable bonds is 4. The first-order valence-corrected chi connectivity index (χ1v) is 9.49. The summed E-state index contributed by atoms with van der Waals surface area (Å²) in [6.07, 6.45) is 3.42. The average molecular weight is 398 g/mol. The van der Waals surface area contributed by atoms with Crippen molar-refractivity contribution in [2.24, 2.45) is 0 Å². The highest BCUT2D eigenvalue weighted by molar-refractivity contribution is 6.00. The third-order valence-electron chi connectivity index (χ3n) is 5.31. The zero-order valence-corrected chi connectivity index (χ0v) is 15.9. The number of aromatic hydroxyl groups is 2. The predicted molar refractivity (Wildman–Crippen MR) is 110 cm³/mol. The predicted octanol–water partition coefficient (Wildman–Crippen LogP) is 3.63. The van der Waals surface area contributed by atoms with Gasteiger partial charge in [0.15, 0.2) is 0 Å². The normalized spacial score (nSPS) is 15.4. The molecule has 0 spiro atoms. The Bertz CT molecular complexity index is 1220. The van der Waals surface area contributed by atoms with E-state index >= 15 is 0 Å². The van der Waals surface area contributed by atoms with E-state index in [0.717, 1.165) is 11.1 Å². The first-order chi connectivity index (χ1) is 14.6. The summed E-state index contributed by atoms with van der Waals surface area (Å²) in [4.78, 5) is 19.2. The number of hydrogen-bond acceptors (Lipinski definition) is 5. The van der Waals surface area contributed by atoms with Crippen LogP contribution >= 0.6 is 0 Å². The minimum Gasteiger partial charge on any atom is -0.508 e. The molecule has 1 atom stereocenters. The number of benzene rings is 2. The van der Waals surface area contributed by atoms with Gasteiger partial charge in [0.1, 0.15) is 22.9 Å². The molecule has 1 amide bonds. The van der Waals surface area contributed by atoms with Crippen LogP contribution in [0.5, 0.6) is 11.5 Å². The van der Waals surface area contributed by atoms with E-state index in [1.807, 2.05) is 18.2 Å². The van der Waals surface area contributed by atoms with Crippen molar-refractivity contribution in [3.63, 3.8) is 0 Å². The number of carbonyl (C=O) groups is 1. The van der Waals surface area contributed by atoms with E-state index < -0.39 is 6.04 Å². The summed E-state index contributed by atoms with van der Waals surface area (Å²) in [6, 6.07) is 17.0. The molecule has 0 saturated heterocycles. The van der Waals surface area contributed by atoms with Crippen LogP contribution in [0.4, 0.5) is 0 Å². The van der Waals surface area contributed by atoms with Gasteiger partial charge in [-0.2, -0.15) is 5.10 Å². The van der Waals surface area contributed by atoms with Gasteiger partial charge in [0.05, 0.1) is 6.04 Å². The fraction of sp³-hybridized carbons (Fsp3) is 0.0870. The summed E-state index contributed by atoms with van der Waals surface area (Å²) in [7, 11) is 0. The van der Waals surface area contributed by atoms with E-state index in [-0.39, 0.29) is 17.4 Å². The maximum Gasteiger partial charge on any atom is 0.273 e. The second-order valence-electron chi connectivity index (χ2n) is 7.17. The molecule has 3 heterocycles. The van der Waals surface area contributed by atoms with Crippen LogP contribution in [-0.4, -0.2) is 36.2 Å². The number of hydrogen-bond donors (Lipinski definition) is 3. The van der Waals surface area contributed by atoms with Crippen LogP contribution in [0, 0.1) is 0 Å². The topological polar surface area (TPSA) is 102 Å². The summed E-state index contributed by atoms with van der Waals surface area (Å²) in [5, 5.41) is 27.3. The Balaban J connectivity index is 1.67. The Hall–Kier alpha value is -4.13. The largest absolute Gasteiger partial charge is 0.508 e. The summed E-state index contributed by atoms with van der Waals surface area (Å²) < 4.78 is 0. The van der Waals surface area contributed by atoms with E-state index in [1.165, 1.54) is 0 Å². The molecule has 5 rings (SSSR count). The summed E-state index contributed by atoms with van der Waals surface area (Å²) in [6.45, 7) is 0.362. The number of nitrogens with one attached hydrogen (secondary N) is 1. The molecule has 0 aliphatic carbocycles. The molecule has 0 unspecified atom stereocenters. The quantitative estimate of drug-likeness (QED) is 0.487. The number of phenols is 2. The monoisotopic (exact) mass is 398 g/mol. The van der Waals surface area contributed by atoms with Crippen LogP contribution in [0.2, 0.25) is 0 Å². The van der Waals surface area contributed by atoms with Crippen molar-refractivity contribution >= 4 is 5.91 Å². The van der Waals surface area contributed by atoms with Crippen molar-refractivity contribution in [2.45, 2.75) is 12.6 Å². The minimum absolute atomic E-state index is 0.0921. The van der Waals surface area contributed by atoms with Gasteiger partial charge in [0.2, 0.25) is 0 Å². The van der Waals surface area contributed by atoms with E-state index in [0.29, 0.717) is 29.1 Å². The Morgan fingerprint density at radius 3 is 2.53 bits per heavy atom. The van der Waals surface area contributed by atoms with E-state index in [1.54, 1.807) is 59.8 Å². The van der Waals surface area contributed by atoms with Gasteiger partial charge in [0.25, 0.3) is 5.91 Å². The van der Waals surface area contributed by atoms with Crippen LogP contribution in [0.25, 0.3) is 11.3 Å². The van der Waals surface area contributed by atoms with Gasteiger partial charge in [0, 0.05) is 30.1 Å². The molecule has 1 aliphatic rings. The van der Waals surface area contributed by atoms with Crippen molar-refractivity contribution in [3.05, 3.63) is 95.4 Å². The first kappa shape index (κ1) is 17.9. The molecule has 0 saturated carbocycles. The minimum atomic E-state index is -0.429. The zero-order valence-electron chi connectivity index (χ0n) is 15.9. The molecule has 0 radical (unpaired) electrons. The molecule has 1 aliphatic heterocycles. The highest BCUT2D eigenvalue weighted by atomic mass is 16.3. The fourth-order valence-corrected chi connectivity index (χ4v) is 3.93. The summed E-state index contributed by atoms with van der Waals surface area (Å²) in [5.74, 6) is 0.0609. The number of aromatic nitrogens is 3. The number of aromatic amines is 1. The highest BCUT2D eigenvalue weighted by Gasteiger charge is 2.42. The molecule has 7 nitrogen and oxygen atoms in total. The lowest BCUT2D eigenvalue weighted by molar-refractivity contribution is 0.0730. The molecular formula is C23H18N4O3. The zero-order chi connectivity index (χ0) is 20.7. The third-order valence-corrected chi connectivity index (χ3v) is 5.31. The van der Waals surface area contributed by atoms with Crippen molar-refractivity contribution < 1.29 is 15.0 Å². The second kappa shape index (κ2) is 7.04. The molecule has 2 aromatic heterocycles. The molecule has 0 fully saturated rings. The molecule has 4 aromatic rings. The average Bonchev–Trinajstić information content (AvgIpc) is 3.30. The highest BCUT2D eigenvalue weighted by Crippen LogP contribution is 2.45. The molecule has 7 heteroatoms. The third kappa shape index (κ3) is 2.88. The van der Waals surface area contributed by atoms with Crippen molar-refractivity contribution in [3.8, 4) is 22.8 Å². The van der Waals surface area contributed by atoms with E-state index in [2.05, 4.69) is 15.2 Å². The van der Waals surface area contributed by atoms with Crippen LogP contribution in [0.3, 0.4) is 0 Å². The van der Waals surface area contributed by atoms with E-state index in [4.69, 9.17) is 0 Å². The van der Waals surface area contributed by atoms with Gasteiger partial charge < -0.3 is 15.1 Å². The molecule has 148 valence electrons. The standard InChI is InChI=1S/C23H18N4O3/c28-16-9-7-15(8-10-16)22-19-20(17-5-1-2-6-18(17)29)25-26-21(19)23(30)27(22)13-14-4-3-11-24-12-14/h1-12,22,28-29H,13H2,(H,25,26)/t22-/m1/s1. The smallest absolute Gasteiger partial charge is 0.273 e. The van der Waals surface area contributed by atoms with Crippen molar-refractivity contribution in [2.75, 3.05) is 0 Å². The number of fused-ring (bicyclic) bond motifs is 1. The molecular weight excluding hydrogens is 380 g/mol. The molecule has 3 N–H and O–H groups in total. The Morgan fingerprint density at radius 1 is 1.00 bits per heavy atom. The number of nitrogens with zero attached hydrogens (tertiary/aromatic N) is 3. The second-order valence-corrected chi connectivity index (χ2v) is 7.17. The maximum atomic E-state index is 13.3. The lowest BCUT2D eigenvalue weighted by Crippen LogP contribution is -2.29. The number of amides is 1. The van der Waals surface area contributed by atoms with Crippen molar-refractivity contribution in [1.82, 2.24) is 20.1 Å². The van der Waals surface area contributed by atoms with Gasteiger partial charge in [-0.05, 0) is 41.5 Å². The van der Waals surface area contributed by atoms with Gasteiger partial charge in [-0.25, -0.2) is 0 Å². The number of para-hydroxylation sites is 1. The van der Waals surface area contributed by atoms with Gasteiger partial charge in [-0.15, -0.1) is 0 Å². The molecule has 0 bridgehead atoms. The van der Waals surface area contributed by atoms with Crippen LogP contribution < -0.4 is 0 Å². The number of pyridine rings is 1. The first-order valence-electron chi connectivity index (χ1n) is 9.49. The fourth-order valence-electron chi connectivity index (χ4n) is 3.93. The number of carbonyl (C=O) groups excluding carboxylic acids is 1. The van der Waals surface area contributed by atoms with Crippen LogP contribution in [0.1, 0.15) is 33.2 Å². The van der Waals surface area contributed by atoms with Crippen LogP contribution in [-0.2, 0) is 6.54 Å². The number of H-pyrrole nitrogens is 1. The Labute approximate surface area is 172 Å². The summed E-state index contributed by atoms with van der Waals surface area (Å²) in [5.41, 5.74) is 3.92. The van der Waals surface area contributed by atoms with Gasteiger partial charge in [-0.3, -0.25) is 14.9 Å². The van der Waals surface area contributed by atoms with Crippen molar-refractivity contribution in [1.29, 1.82) is 0 Å². The van der Waals surface area contributed by atoms with Gasteiger partial charge >= 0.3 is 0 Å². The Kier molecular flexibility index (Phi) is 4.21. The molecule has 2 aromatic carbocycles. The number of phenolic OH excluding ortho intramolecular Hbond substituents is 2. The SMILES string of the molecule is O=C1c2[nH]nc(-c3ccccc3O)c2[C@@H](c2ccc(O)cc2)N1Cc1cccnc1. The van der Waals surface area contributed by atoms with E-state index in [9.17, 15) is 15.0 Å². The Morgan fingerprint density at radius 2 is 1.80 bits per heavy atom. The van der Waals surface area contributed by atoms with Crippen LogP contribution in [0.15, 0.2) is 73.1 Å². The summed E-state index contributed by atoms with van der Waals surface area (Å²) >= 11 is 0. The van der Waals surface area contributed by atoms with Gasteiger partial charge in [-0.1, -0.05) is 30.3 Å². The maximum absolute atomic E-state index is 13.3. The lowest BCUT2D eigenvalue weighted by atomic mass is 9.95.